The van der Waals surface area contributed by atoms with Crippen LogP contribution in [-0.4, -0.2) is 54.3 Å². The van der Waals surface area contributed by atoms with Crippen molar-refractivity contribution in [2.45, 2.75) is 69.9 Å². The van der Waals surface area contributed by atoms with Crippen LogP contribution in [0, 0.1) is 34.5 Å². The molecule has 3 N–H and O–H groups in total. The molecular weight excluding hydrogens is 568 g/mol. The highest BCUT2D eigenvalue weighted by Crippen LogP contribution is 2.40. The summed E-state index contributed by atoms with van der Waals surface area (Å²) in [7, 11) is 0. The molecule has 3 rings (SSSR count). The number of anilines is 1. The van der Waals surface area contributed by atoms with E-state index in [9.17, 15) is 24.9 Å². The highest BCUT2D eigenvalue weighted by molar-refractivity contribution is 8.00. The Kier molecular flexibility index (Phi) is 11.0. The van der Waals surface area contributed by atoms with Gasteiger partial charge in [0.05, 0.1) is 17.7 Å². The third-order valence-electron chi connectivity index (χ3n) is 6.73. The highest BCUT2D eigenvalue weighted by Gasteiger charge is 2.35. The minimum Gasteiger partial charge on any atom is -0.464 e. The van der Waals surface area contributed by atoms with Gasteiger partial charge in [-0.25, -0.2) is 14.6 Å². The van der Waals surface area contributed by atoms with Crippen LogP contribution in [0.5, 0.6) is 0 Å². The monoisotopic (exact) mass is 606 g/mol. The van der Waals surface area contributed by atoms with E-state index in [1.807, 2.05) is 17.9 Å². The van der Waals surface area contributed by atoms with E-state index in [1.165, 1.54) is 0 Å². The van der Waals surface area contributed by atoms with E-state index in [-0.39, 0.29) is 24.0 Å². The number of hydrogen-bond donors (Lipinski definition) is 2. The van der Waals surface area contributed by atoms with Crippen LogP contribution < -0.4 is 16.0 Å². The summed E-state index contributed by atoms with van der Waals surface area (Å²) in [4.78, 5) is 44.0. The number of amides is 2. The van der Waals surface area contributed by atoms with Gasteiger partial charge in [-0.2, -0.15) is 10.5 Å². The largest absolute Gasteiger partial charge is 0.464 e. The van der Waals surface area contributed by atoms with Crippen molar-refractivity contribution in [2.75, 3.05) is 24.6 Å². The van der Waals surface area contributed by atoms with Gasteiger partial charge in [0.25, 0.3) is 0 Å². The predicted molar refractivity (Wildman–Crippen MR) is 162 cm³/mol. The second kappa shape index (κ2) is 14.3. The van der Waals surface area contributed by atoms with Crippen LogP contribution in [0.2, 0.25) is 0 Å². The number of nitrogens with zero attached hydrogens (tertiary/aromatic N) is 4. The summed E-state index contributed by atoms with van der Waals surface area (Å²) >= 11 is 1.09. The molecule has 1 aliphatic heterocycles. The lowest BCUT2D eigenvalue weighted by Crippen LogP contribution is -2.51. The molecule has 0 radical (unpaired) electrons. The Bertz CT molecular complexity index is 1420. The molecule has 11 nitrogen and oxygen atoms in total. The summed E-state index contributed by atoms with van der Waals surface area (Å²) in [5.74, 6) is -0.976. The summed E-state index contributed by atoms with van der Waals surface area (Å²) in [6.45, 7) is 11.7. The van der Waals surface area contributed by atoms with Gasteiger partial charge in [0.1, 0.15) is 39.9 Å². The first-order chi connectivity index (χ1) is 20.3. The van der Waals surface area contributed by atoms with Gasteiger partial charge in [0, 0.05) is 19.0 Å². The van der Waals surface area contributed by atoms with Crippen molar-refractivity contribution in [3.63, 3.8) is 0 Å². The molecule has 43 heavy (non-hydrogen) atoms. The smallest absolute Gasteiger partial charge is 0.408 e. The molecular formula is C31H38N6O5S. The number of benzene rings is 1. The molecule has 228 valence electrons. The molecule has 0 saturated carbocycles. The Morgan fingerprint density at radius 1 is 1.14 bits per heavy atom. The number of aromatic nitrogens is 1. The van der Waals surface area contributed by atoms with Crippen LogP contribution >= 0.6 is 11.8 Å². The molecule has 2 atom stereocenters. The van der Waals surface area contributed by atoms with Crippen molar-refractivity contribution in [3.05, 3.63) is 52.6 Å². The Morgan fingerprint density at radius 3 is 2.28 bits per heavy atom. The Hall–Kier alpha value is -4.29. The van der Waals surface area contributed by atoms with E-state index in [4.69, 9.17) is 20.2 Å². The number of carbonyl (C=O) groups is 3. The fourth-order valence-electron chi connectivity index (χ4n) is 4.60. The average molecular weight is 607 g/mol. The molecule has 0 bridgehead atoms. The number of nitriles is 2. The van der Waals surface area contributed by atoms with Gasteiger partial charge >= 0.3 is 12.1 Å². The number of thioether (sulfide) groups is 1. The zero-order valence-electron chi connectivity index (χ0n) is 25.3. The number of primary amides is 1. The van der Waals surface area contributed by atoms with Crippen molar-refractivity contribution in [3.8, 4) is 12.1 Å². The van der Waals surface area contributed by atoms with Crippen LogP contribution in [0.3, 0.4) is 0 Å². The molecule has 1 saturated heterocycles. The molecule has 1 aromatic carbocycles. The molecule has 2 amide bonds. The van der Waals surface area contributed by atoms with Crippen LogP contribution in [0.25, 0.3) is 0 Å². The summed E-state index contributed by atoms with van der Waals surface area (Å²) < 4.78 is 10.8. The lowest BCUT2D eigenvalue weighted by Gasteiger charge is -2.40. The number of esters is 1. The van der Waals surface area contributed by atoms with Gasteiger partial charge in [-0.1, -0.05) is 62.9 Å². The molecule has 0 aliphatic carbocycles. The Balaban J connectivity index is 1.76. The first kappa shape index (κ1) is 33.2. The van der Waals surface area contributed by atoms with E-state index in [0.29, 0.717) is 47.0 Å². The second-order valence-electron chi connectivity index (χ2n) is 11.6. The van der Waals surface area contributed by atoms with E-state index >= 15 is 0 Å². The lowest BCUT2D eigenvalue weighted by molar-refractivity contribution is -0.149. The van der Waals surface area contributed by atoms with Crippen molar-refractivity contribution >= 4 is 35.5 Å². The maximum absolute atomic E-state index is 12.8. The number of ether oxygens (including phenoxy) is 2. The number of rotatable bonds is 11. The average Bonchev–Trinajstić information content (AvgIpc) is 2.92. The van der Waals surface area contributed by atoms with Crippen LogP contribution in [-0.2, 0) is 25.5 Å². The third-order valence-corrected chi connectivity index (χ3v) is 7.99. The van der Waals surface area contributed by atoms with Gasteiger partial charge in [0.2, 0.25) is 5.91 Å². The van der Waals surface area contributed by atoms with Crippen LogP contribution in [0.1, 0.15) is 69.0 Å². The SMILES string of the molecule is CCc1c(C#N)c(SC(C(N)=O)c2ccccc2)nc(N2CC(COC(=O)C(NC(=O)OC(C)(C)C)C(C)C)C2)c1C#N. The minimum atomic E-state index is -0.870. The first-order valence-electron chi connectivity index (χ1n) is 14.1. The lowest BCUT2D eigenvalue weighted by atomic mass is 9.97. The molecule has 2 aromatic rings. The maximum Gasteiger partial charge on any atom is 0.408 e. The van der Waals surface area contributed by atoms with Gasteiger partial charge in [0.15, 0.2) is 0 Å². The summed E-state index contributed by atoms with van der Waals surface area (Å²) in [6.07, 6.45) is -0.280. The number of nitrogens with two attached hydrogens (primary N) is 1. The molecule has 0 spiro atoms. The summed E-state index contributed by atoms with van der Waals surface area (Å²) in [6, 6.07) is 12.5. The van der Waals surface area contributed by atoms with Gasteiger partial charge < -0.3 is 25.4 Å². The third kappa shape index (κ3) is 8.39. The number of hydrogen-bond acceptors (Lipinski definition) is 10. The fraction of sp³-hybridized carbons (Fsp3) is 0.484. The molecule has 12 heteroatoms. The highest BCUT2D eigenvalue weighted by atomic mass is 32.2. The van der Waals surface area contributed by atoms with E-state index in [0.717, 1.165) is 11.8 Å². The first-order valence-corrected chi connectivity index (χ1v) is 15.0. The zero-order valence-corrected chi connectivity index (χ0v) is 26.2. The number of alkyl carbamates (subject to hydrolysis) is 1. The van der Waals surface area contributed by atoms with Crippen molar-refractivity contribution in [1.29, 1.82) is 10.5 Å². The van der Waals surface area contributed by atoms with Gasteiger partial charge in [-0.3, -0.25) is 4.79 Å². The van der Waals surface area contributed by atoms with Crippen LogP contribution in [0.15, 0.2) is 35.4 Å². The van der Waals surface area contributed by atoms with Crippen molar-refractivity contribution in [2.24, 2.45) is 17.6 Å². The van der Waals surface area contributed by atoms with Crippen molar-refractivity contribution < 1.29 is 23.9 Å². The maximum atomic E-state index is 12.8. The predicted octanol–water partition coefficient (Wildman–Crippen LogP) is 4.23. The molecule has 2 heterocycles. The number of pyridine rings is 1. The topological polar surface area (TPSA) is 171 Å². The van der Waals surface area contributed by atoms with Gasteiger partial charge in [-0.15, -0.1) is 0 Å². The summed E-state index contributed by atoms with van der Waals surface area (Å²) in [5.41, 5.74) is 6.82. The zero-order chi connectivity index (χ0) is 31.9. The quantitative estimate of drug-likeness (QED) is 0.278. The van der Waals surface area contributed by atoms with E-state index in [2.05, 4.69) is 17.5 Å². The fourth-order valence-corrected chi connectivity index (χ4v) is 5.66. The molecule has 1 aliphatic rings. The van der Waals surface area contributed by atoms with E-state index in [1.54, 1.807) is 58.9 Å². The van der Waals surface area contributed by atoms with Crippen molar-refractivity contribution in [1.82, 2.24) is 10.3 Å². The normalized spacial score (nSPS) is 14.6. The molecule has 1 fully saturated rings. The van der Waals surface area contributed by atoms with Crippen LogP contribution in [0.4, 0.5) is 10.6 Å². The molecule has 2 unspecified atom stereocenters. The number of carbonyl (C=O) groups excluding carboxylic acids is 3. The Labute approximate surface area is 256 Å². The standard InChI is InChI=1S/C31H38N6O5S/c1-7-21-22(13-32)27(36-28(23(21)14-33)43-25(26(34)38)20-11-9-8-10-12-20)37-15-19(16-37)17-41-29(39)24(18(2)3)35-30(40)42-31(4,5)6/h8-12,18-19,24-25H,7,15-17H2,1-6H3,(H2,34,38)(H,35,40). The Morgan fingerprint density at radius 2 is 1.77 bits per heavy atom. The minimum absolute atomic E-state index is 0.0360. The molecule has 1 aromatic heterocycles. The number of nitrogens with one attached hydrogen (secondary N) is 1. The second-order valence-corrected chi connectivity index (χ2v) is 12.7. The van der Waals surface area contributed by atoms with E-state index < -0.39 is 34.9 Å². The summed E-state index contributed by atoms with van der Waals surface area (Å²) in [5, 5.41) is 22.2. The van der Waals surface area contributed by atoms with Gasteiger partial charge in [-0.05, 0) is 44.2 Å².